The normalized spacial score (nSPS) is 19.1. The van der Waals surface area contributed by atoms with Gasteiger partial charge in [0.05, 0.1) is 25.2 Å². The van der Waals surface area contributed by atoms with Crippen LogP contribution in [0.25, 0.3) is 0 Å². The Morgan fingerprint density at radius 1 is 1.03 bits per heavy atom. The smallest absolute Gasteiger partial charge is 0.416 e. The second kappa shape index (κ2) is 8.87. The van der Waals surface area contributed by atoms with E-state index < -0.39 is 29.2 Å². The molecule has 1 aliphatic rings. The van der Waals surface area contributed by atoms with Crippen molar-refractivity contribution in [3.63, 3.8) is 0 Å². The molecule has 0 saturated carbocycles. The minimum Gasteiger partial charge on any atom is -0.479 e. The molecule has 1 heterocycles. The number of amides is 1. The van der Waals surface area contributed by atoms with Crippen LogP contribution in [-0.2, 0) is 33.5 Å². The Balaban J connectivity index is 1.69. The number of likely N-dealkylation sites (tertiary alicyclic amines) is 1. The second-order valence-corrected chi connectivity index (χ2v) is 7.34. The van der Waals surface area contributed by atoms with E-state index in [2.05, 4.69) is 0 Å². The molecule has 1 saturated heterocycles. The zero-order valence-electron chi connectivity index (χ0n) is 16.2. The van der Waals surface area contributed by atoms with Gasteiger partial charge < -0.3 is 14.7 Å². The van der Waals surface area contributed by atoms with Crippen LogP contribution in [0, 0.1) is 0 Å². The summed E-state index contributed by atoms with van der Waals surface area (Å²) in [4.78, 5) is 26.2. The first-order valence-corrected chi connectivity index (χ1v) is 9.54. The maximum Gasteiger partial charge on any atom is 0.416 e. The van der Waals surface area contributed by atoms with Crippen LogP contribution >= 0.6 is 0 Å². The Hall–Kier alpha value is -2.87. The molecule has 1 unspecified atom stereocenters. The summed E-state index contributed by atoms with van der Waals surface area (Å²) in [7, 11) is 0. The fourth-order valence-electron chi connectivity index (χ4n) is 3.67. The van der Waals surface area contributed by atoms with E-state index in [0.717, 1.165) is 17.7 Å². The third-order valence-electron chi connectivity index (χ3n) is 5.28. The van der Waals surface area contributed by atoms with Gasteiger partial charge in [-0.2, -0.15) is 13.2 Å². The monoisotopic (exact) mass is 421 g/mol. The summed E-state index contributed by atoms with van der Waals surface area (Å²) in [6.45, 7) is 0.327. The van der Waals surface area contributed by atoms with Gasteiger partial charge in [0.25, 0.3) is 0 Å². The van der Waals surface area contributed by atoms with Crippen molar-refractivity contribution in [1.29, 1.82) is 0 Å². The molecule has 0 aliphatic carbocycles. The van der Waals surface area contributed by atoms with Crippen molar-refractivity contribution in [2.24, 2.45) is 0 Å². The molecule has 2 aromatic carbocycles. The van der Waals surface area contributed by atoms with Crippen LogP contribution < -0.4 is 0 Å². The fraction of sp³-hybridized carbons (Fsp3) is 0.364. The summed E-state index contributed by atoms with van der Waals surface area (Å²) >= 11 is 0. The number of carbonyl (C=O) groups is 2. The summed E-state index contributed by atoms with van der Waals surface area (Å²) in [5.74, 6) is -1.59. The highest BCUT2D eigenvalue weighted by molar-refractivity contribution is 5.89. The van der Waals surface area contributed by atoms with Crippen molar-refractivity contribution >= 4 is 11.9 Å². The first kappa shape index (κ1) is 21.8. The van der Waals surface area contributed by atoms with Crippen LogP contribution in [0.1, 0.15) is 29.5 Å². The lowest BCUT2D eigenvalue weighted by Crippen LogP contribution is -2.56. The summed E-state index contributed by atoms with van der Waals surface area (Å²) in [5.41, 5.74) is -0.991. The number of halogens is 3. The third-order valence-corrected chi connectivity index (χ3v) is 5.28. The first-order chi connectivity index (χ1) is 14.2. The molecule has 0 radical (unpaired) electrons. The van der Waals surface area contributed by atoms with E-state index in [1.807, 2.05) is 30.3 Å². The first-order valence-electron chi connectivity index (χ1n) is 9.54. The molecule has 160 valence electrons. The molecule has 30 heavy (non-hydrogen) atoms. The van der Waals surface area contributed by atoms with Crippen LogP contribution in [0.5, 0.6) is 0 Å². The number of hydrogen-bond donors (Lipinski definition) is 1. The van der Waals surface area contributed by atoms with Crippen molar-refractivity contribution in [2.45, 2.75) is 37.6 Å². The van der Waals surface area contributed by atoms with Crippen LogP contribution in [0.3, 0.4) is 0 Å². The van der Waals surface area contributed by atoms with Gasteiger partial charge in [-0.1, -0.05) is 42.5 Å². The van der Waals surface area contributed by atoms with Crippen molar-refractivity contribution in [2.75, 3.05) is 13.2 Å². The minimum absolute atomic E-state index is 0.157. The van der Waals surface area contributed by atoms with Gasteiger partial charge in [0.15, 0.2) is 5.54 Å². The Bertz CT molecular complexity index is 884. The predicted octanol–water partition coefficient (Wildman–Crippen LogP) is 3.91. The van der Waals surface area contributed by atoms with E-state index >= 15 is 0 Å². The summed E-state index contributed by atoms with van der Waals surface area (Å²) < 4.78 is 43.8. The van der Waals surface area contributed by atoms with Gasteiger partial charge in [0.2, 0.25) is 5.91 Å². The van der Waals surface area contributed by atoms with Crippen LogP contribution in [0.4, 0.5) is 13.2 Å². The Labute approximate surface area is 172 Å². The van der Waals surface area contributed by atoms with E-state index in [-0.39, 0.29) is 32.6 Å². The lowest BCUT2D eigenvalue weighted by molar-refractivity contribution is -0.161. The molecule has 8 heteroatoms. The molecule has 0 spiro atoms. The highest BCUT2D eigenvalue weighted by atomic mass is 19.4. The number of ether oxygens (including phenoxy) is 1. The van der Waals surface area contributed by atoms with Gasteiger partial charge in [-0.05, 0) is 36.1 Å². The molecule has 5 nitrogen and oxygen atoms in total. The van der Waals surface area contributed by atoms with E-state index in [1.165, 1.54) is 17.0 Å². The summed E-state index contributed by atoms with van der Waals surface area (Å²) in [5, 5.41) is 9.87. The maximum atomic E-state index is 12.8. The lowest BCUT2D eigenvalue weighted by atomic mass is 9.96. The van der Waals surface area contributed by atoms with E-state index in [1.54, 1.807) is 0 Å². The molecule has 1 aliphatic heterocycles. The number of carboxylic acids is 1. The van der Waals surface area contributed by atoms with Gasteiger partial charge in [0.1, 0.15) is 0 Å². The summed E-state index contributed by atoms with van der Waals surface area (Å²) in [6.07, 6.45) is -3.85. The number of benzene rings is 2. The van der Waals surface area contributed by atoms with E-state index in [4.69, 9.17) is 4.74 Å². The van der Waals surface area contributed by atoms with Crippen LogP contribution in [0.2, 0.25) is 0 Å². The largest absolute Gasteiger partial charge is 0.479 e. The highest BCUT2D eigenvalue weighted by Gasteiger charge is 2.50. The fourth-order valence-corrected chi connectivity index (χ4v) is 3.67. The van der Waals surface area contributed by atoms with Crippen molar-refractivity contribution in [1.82, 2.24) is 4.90 Å². The zero-order chi connectivity index (χ0) is 21.8. The molecule has 1 atom stereocenters. The molecule has 0 bridgehead atoms. The van der Waals surface area contributed by atoms with Gasteiger partial charge in [-0.25, -0.2) is 4.79 Å². The van der Waals surface area contributed by atoms with Crippen molar-refractivity contribution < 1.29 is 32.6 Å². The lowest BCUT2D eigenvalue weighted by Gasteiger charge is -2.34. The van der Waals surface area contributed by atoms with Gasteiger partial charge >= 0.3 is 12.1 Å². The van der Waals surface area contributed by atoms with Gasteiger partial charge in [0, 0.05) is 6.54 Å². The average molecular weight is 421 g/mol. The van der Waals surface area contributed by atoms with E-state index in [9.17, 15) is 27.9 Å². The molecule has 1 amide bonds. The molecule has 1 fully saturated rings. The molecule has 2 aromatic rings. The maximum absolute atomic E-state index is 12.8. The number of alkyl halides is 3. The number of hydrogen-bond acceptors (Lipinski definition) is 3. The quantitative estimate of drug-likeness (QED) is 0.736. The molecule has 3 rings (SSSR count). The predicted molar refractivity (Wildman–Crippen MR) is 103 cm³/mol. The van der Waals surface area contributed by atoms with Crippen LogP contribution in [-0.4, -0.2) is 40.6 Å². The number of nitrogens with zero attached hydrogens (tertiary/aromatic N) is 1. The number of rotatable bonds is 7. The molecule has 0 aromatic heterocycles. The van der Waals surface area contributed by atoms with Gasteiger partial charge in [-0.3, -0.25) is 4.79 Å². The topological polar surface area (TPSA) is 66.8 Å². The van der Waals surface area contributed by atoms with Crippen LogP contribution in [0.15, 0.2) is 54.6 Å². The minimum atomic E-state index is -4.45. The third kappa shape index (κ3) is 4.81. The number of carboxylic acid groups (broad SMARTS) is 1. The number of aliphatic carboxylic acids is 1. The summed E-state index contributed by atoms with van der Waals surface area (Å²) in [6, 6.07) is 13.6. The molecule has 1 N–H and O–H groups in total. The Morgan fingerprint density at radius 2 is 1.70 bits per heavy atom. The molecular formula is C22H22F3NO4. The number of carbonyl (C=O) groups excluding carboxylic acids is 1. The second-order valence-electron chi connectivity index (χ2n) is 7.34. The zero-order valence-corrected chi connectivity index (χ0v) is 16.2. The molecular weight excluding hydrogens is 399 g/mol. The van der Waals surface area contributed by atoms with Gasteiger partial charge in [-0.15, -0.1) is 0 Å². The highest BCUT2D eigenvalue weighted by Crippen LogP contribution is 2.32. The SMILES string of the molecule is O=C(Cc1ccc(C(F)(F)F)cc1)N1CCCC1(COCc1ccccc1)C(=O)O. The van der Waals surface area contributed by atoms with Crippen molar-refractivity contribution in [3.05, 3.63) is 71.3 Å². The standard InChI is InChI=1S/C22H22F3NO4/c23-22(24,25)18-9-7-16(8-10-18)13-19(27)26-12-4-11-21(26,20(28)29)15-30-14-17-5-2-1-3-6-17/h1-3,5-10H,4,11-15H2,(H,28,29). The van der Waals surface area contributed by atoms with E-state index in [0.29, 0.717) is 12.0 Å². The Kier molecular flexibility index (Phi) is 6.45. The average Bonchev–Trinajstić information content (AvgIpc) is 3.14. The Morgan fingerprint density at radius 3 is 2.30 bits per heavy atom. The van der Waals surface area contributed by atoms with Crippen molar-refractivity contribution in [3.8, 4) is 0 Å².